The van der Waals surface area contributed by atoms with Gasteiger partial charge in [0.25, 0.3) is 5.56 Å². The summed E-state index contributed by atoms with van der Waals surface area (Å²) >= 11 is 0. The van der Waals surface area contributed by atoms with Crippen LogP contribution in [0.1, 0.15) is 31.6 Å². The molecule has 3 aliphatic rings. The third kappa shape index (κ3) is 2.35. The van der Waals surface area contributed by atoms with Crippen LogP contribution in [-0.4, -0.2) is 61.5 Å². The Morgan fingerprint density at radius 2 is 2.08 bits per heavy atom. The first-order chi connectivity index (χ1) is 11.4. The van der Waals surface area contributed by atoms with Crippen LogP contribution in [0.2, 0.25) is 0 Å². The van der Waals surface area contributed by atoms with Crippen molar-refractivity contribution in [3.63, 3.8) is 0 Å². The van der Waals surface area contributed by atoms with E-state index in [9.17, 15) is 19.8 Å². The average Bonchev–Trinajstić information content (AvgIpc) is 2.95. The van der Waals surface area contributed by atoms with Gasteiger partial charge >= 0.3 is 11.6 Å². The summed E-state index contributed by atoms with van der Waals surface area (Å²) in [5.74, 6) is 1.03. The first-order valence-corrected chi connectivity index (χ1v) is 8.29. The molecule has 4 rings (SSSR count). The minimum atomic E-state index is -1.02. The van der Waals surface area contributed by atoms with Crippen molar-refractivity contribution < 1.29 is 14.8 Å². The van der Waals surface area contributed by atoms with Crippen LogP contribution < -0.4 is 21.9 Å². The molecule has 0 aromatic carbocycles. The second kappa shape index (κ2) is 5.45. The van der Waals surface area contributed by atoms with E-state index in [1.165, 1.54) is 6.07 Å². The molecule has 1 fully saturated rings. The third-order valence-electron chi connectivity index (χ3n) is 5.54. The largest absolute Gasteiger partial charge is 0.393 e. The molecule has 6 N–H and O–H groups in total. The van der Waals surface area contributed by atoms with Crippen LogP contribution in [0, 0.1) is 5.92 Å². The fraction of sp³-hybridized carbons (Fsp3) is 0.667. The number of hydrogen-bond donors (Lipinski definition) is 6. The molecule has 1 saturated heterocycles. The summed E-state index contributed by atoms with van der Waals surface area (Å²) in [7, 11) is 0. The predicted octanol–water partition coefficient (Wildman–Crippen LogP) is -2.43. The maximum Gasteiger partial charge on any atom is 0.346 e. The molecular weight excluding hydrogens is 314 g/mol. The number of aromatic nitrogens is 2. The number of nitrogens with zero attached hydrogens (tertiary/aromatic N) is 1. The van der Waals surface area contributed by atoms with E-state index in [-0.39, 0.29) is 35.8 Å². The molecule has 2 unspecified atom stereocenters. The Kier molecular flexibility index (Phi) is 3.50. The molecule has 0 amide bonds. The molecule has 0 spiro atoms. The zero-order chi connectivity index (χ0) is 17.0. The molecule has 1 aromatic heterocycles. The molecule has 1 aromatic rings. The monoisotopic (exact) mass is 336 g/mol. The quantitative estimate of drug-likeness (QED) is 0.333. The van der Waals surface area contributed by atoms with E-state index in [1.807, 2.05) is 0 Å². The highest BCUT2D eigenvalue weighted by molar-refractivity contribution is 5.77. The number of aromatic amines is 2. The Labute approximate surface area is 137 Å². The summed E-state index contributed by atoms with van der Waals surface area (Å²) in [4.78, 5) is 27.5. The number of guanidine groups is 1. The van der Waals surface area contributed by atoms with Crippen LogP contribution in [0.3, 0.4) is 0 Å². The zero-order valence-electron chi connectivity index (χ0n) is 13.3. The van der Waals surface area contributed by atoms with Crippen molar-refractivity contribution in [1.82, 2.24) is 20.6 Å². The van der Waals surface area contributed by atoms with Gasteiger partial charge in [-0.2, -0.15) is 0 Å². The summed E-state index contributed by atoms with van der Waals surface area (Å²) in [6.45, 7) is 2.81. The van der Waals surface area contributed by atoms with Crippen molar-refractivity contribution in [2.75, 3.05) is 6.54 Å². The van der Waals surface area contributed by atoms with Gasteiger partial charge in [0, 0.05) is 24.8 Å². The van der Waals surface area contributed by atoms with E-state index in [1.54, 1.807) is 0 Å². The lowest BCUT2D eigenvalue weighted by Gasteiger charge is -2.40. The van der Waals surface area contributed by atoms with Crippen molar-refractivity contribution in [3.05, 3.63) is 32.6 Å². The van der Waals surface area contributed by atoms with Crippen LogP contribution >= 0.6 is 0 Å². The second-order valence-electron chi connectivity index (χ2n) is 6.99. The SMILES string of the molecule is C[C@@H]1[C@H]2CNC3=[N+]2C(CC([C@@H](O)c2cc(=O)[nH]c(=O)[nH]2)N3)C[C@@H]1O. The zero-order valence-corrected chi connectivity index (χ0v) is 13.3. The molecule has 6 atom stereocenters. The summed E-state index contributed by atoms with van der Waals surface area (Å²) < 4.78 is 2.27. The predicted molar refractivity (Wildman–Crippen MR) is 84.8 cm³/mol. The minimum absolute atomic E-state index is 0.112. The summed E-state index contributed by atoms with van der Waals surface area (Å²) in [6, 6.07) is 1.19. The number of H-pyrrole nitrogens is 2. The van der Waals surface area contributed by atoms with Gasteiger partial charge in [0.15, 0.2) is 0 Å². The van der Waals surface area contributed by atoms with Gasteiger partial charge in [-0.1, -0.05) is 6.92 Å². The van der Waals surface area contributed by atoms with Gasteiger partial charge in [-0.3, -0.25) is 25.0 Å². The highest BCUT2D eigenvalue weighted by Gasteiger charge is 2.50. The van der Waals surface area contributed by atoms with Gasteiger partial charge in [-0.25, -0.2) is 4.79 Å². The molecule has 130 valence electrons. The third-order valence-corrected chi connectivity index (χ3v) is 5.54. The standard InChI is InChI=1S/C15H21N5O4/c1-6-10-5-16-14-17-8(2-7(20(10)14)3-11(6)21)13(23)9-4-12(22)19-15(24)18-9/h4,6-8,10-11,13,21,23H,2-3,5H2,1H3,(H3,16,17,18,19,22,24)/p+1/t6-,7?,8?,10-,11+,13-/m1/s1. The van der Waals surface area contributed by atoms with Gasteiger partial charge < -0.3 is 15.2 Å². The Hall–Kier alpha value is -2.13. The molecule has 4 heterocycles. The first-order valence-electron chi connectivity index (χ1n) is 8.29. The smallest absolute Gasteiger partial charge is 0.346 e. The fourth-order valence-corrected chi connectivity index (χ4v) is 4.25. The molecule has 0 saturated carbocycles. The Bertz CT molecular complexity index is 771. The van der Waals surface area contributed by atoms with Crippen LogP contribution in [-0.2, 0) is 0 Å². The van der Waals surface area contributed by atoms with Crippen molar-refractivity contribution in [2.24, 2.45) is 5.92 Å². The maximum atomic E-state index is 11.5. The van der Waals surface area contributed by atoms with Gasteiger partial charge in [0.2, 0.25) is 0 Å². The topological polar surface area (TPSA) is 133 Å². The van der Waals surface area contributed by atoms with Gasteiger partial charge in [0.05, 0.1) is 24.4 Å². The van der Waals surface area contributed by atoms with E-state index in [2.05, 4.69) is 32.1 Å². The van der Waals surface area contributed by atoms with Crippen LogP contribution in [0.5, 0.6) is 0 Å². The van der Waals surface area contributed by atoms with Crippen molar-refractivity contribution in [1.29, 1.82) is 0 Å². The number of hydrogen-bond acceptors (Lipinski definition) is 6. The molecule has 9 heteroatoms. The lowest BCUT2D eigenvalue weighted by atomic mass is 9.82. The number of piperidine rings is 1. The van der Waals surface area contributed by atoms with Gasteiger partial charge in [0.1, 0.15) is 18.2 Å². The Morgan fingerprint density at radius 1 is 1.29 bits per heavy atom. The van der Waals surface area contributed by atoms with Crippen molar-refractivity contribution >= 4 is 5.96 Å². The number of aliphatic hydroxyl groups excluding tert-OH is 2. The van der Waals surface area contributed by atoms with E-state index in [0.29, 0.717) is 12.8 Å². The maximum absolute atomic E-state index is 11.5. The van der Waals surface area contributed by atoms with E-state index in [0.717, 1.165) is 12.5 Å². The molecule has 0 radical (unpaired) electrons. The van der Waals surface area contributed by atoms with Crippen LogP contribution in [0.15, 0.2) is 15.7 Å². The van der Waals surface area contributed by atoms with Crippen molar-refractivity contribution in [3.8, 4) is 0 Å². The summed E-state index contributed by atoms with van der Waals surface area (Å²) in [6.07, 6.45) is -0.138. The molecule has 0 aliphatic carbocycles. The molecule has 24 heavy (non-hydrogen) atoms. The molecular formula is C15H22N5O4+. The molecule has 0 bridgehead atoms. The van der Waals surface area contributed by atoms with Gasteiger partial charge in [-0.15, -0.1) is 0 Å². The van der Waals surface area contributed by atoms with Gasteiger partial charge in [-0.05, 0) is 0 Å². The summed E-state index contributed by atoms with van der Waals surface area (Å²) in [5, 5.41) is 27.5. The summed E-state index contributed by atoms with van der Waals surface area (Å²) in [5.41, 5.74) is -0.990. The van der Waals surface area contributed by atoms with Crippen LogP contribution in [0.4, 0.5) is 0 Å². The normalized spacial score (nSPS) is 35.9. The van der Waals surface area contributed by atoms with E-state index >= 15 is 0 Å². The lowest BCUT2D eigenvalue weighted by Crippen LogP contribution is -2.59. The Balaban J connectivity index is 1.63. The molecule has 3 aliphatic heterocycles. The Morgan fingerprint density at radius 3 is 2.83 bits per heavy atom. The number of nitrogens with one attached hydrogen (secondary N) is 4. The fourth-order valence-electron chi connectivity index (χ4n) is 4.25. The molecule has 9 nitrogen and oxygen atoms in total. The van der Waals surface area contributed by atoms with E-state index < -0.39 is 17.4 Å². The lowest BCUT2D eigenvalue weighted by molar-refractivity contribution is -0.621. The number of aliphatic hydroxyl groups is 2. The van der Waals surface area contributed by atoms with Crippen molar-refractivity contribution in [2.45, 2.75) is 50.1 Å². The second-order valence-corrected chi connectivity index (χ2v) is 6.99. The number of rotatable bonds is 2. The van der Waals surface area contributed by atoms with E-state index in [4.69, 9.17) is 0 Å². The first kappa shape index (κ1) is 15.4. The highest BCUT2D eigenvalue weighted by atomic mass is 16.3. The highest BCUT2D eigenvalue weighted by Crippen LogP contribution is 2.33. The average molecular weight is 336 g/mol. The minimum Gasteiger partial charge on any atom is -0.393 e. The van der Waals surface area contributed by atoms with Crippen LogP contribution in [0.25, 0.3) is 0 Å².